The number of benzene rings is 2. The predicted octanol–water partition coefficient (Wildman–Crippen LogP) is 3.67. The van der Waals surface area contributed by atoms with Gasteiger partial charge < -0.3 is 4.74 Å². The van der Waals surface area contributed by atoms with Crippen molar-refractivity contribution in [3.8, 4) is 17.1 Å². The van der Waals surface area contributed by atoms with E-state index in [-0.39, 0.29) is 11.7 Å². The van der Waals surface area contributed by atoms with Crippen LogP contribution in [0.2, 0.25) is 0 Å². The van der Waals surface area contributed by atoms with Gasteiger partial charge in [0.25, 0.3) is 0 Å². The summed E-state index contributed by atoms with van der Waals surface area (Å²) in [5, 5.41) is 7.74. The van der Waals surface area contributed by atoms with Gasteiger partial charge in [0, 0.05) is 24.1 Å². The lowest BCUT2D eigenvalue weighted by Crippen LogP contribution is -2.21. The highest BCUT2D eigenvalue weighted by molar-refractivity contribution is 7.99. The van der Waals surface area contributed by atoms with Crippen LogP contribution in [0.15, 0.2) is 53.7 Å². The summed E-state index contributed by atoms with van der Waals surface area (Å²) >= 11 is 1.36. The molecule has 0 radical (unpaired) electrons. The number of methoxy groups -OCH3 is 1. The Morgan fingerprint density at radius 3 is 2.71 bits per heavy atom. The molecule has 0 aliphatic carbocycles. The fourth-order valence-electron chi connectivity index (χ4n) is 3.46. The Labute approximate surface area is 167 Å². The van der Waals surface area contributed by atoms with Gasteiger partial charge in [-0.25, -0.2) is 9.56 Å². The zero-order chi connectivity index (χ0) is 19.7. The van der Waals surface area contributed by atoms with Crippen molar-refractivity contribution in [2.75, 3.05) is 19.9 Å². The third-order valence-corrected chi connectivity index (χ3v) is 5.92. The van der Waals surface area contributed by atoms with E-state index in [1.165, 1.54) is 11.8 Å². The fourth-order valence-corrected chi connectivity index (χ4v) is 4.16. The molecule has 1 aromatic heterocycles. The molecular formula is C21H21N4O2S+. The normalized spacial score (nSPS) is 15.6. The molecule has 0 spiro atoms. The number of fused-ring (bicyclic) bond motifs is 1. The lowest BCUT2D eigenvalue weighted by Gasteiger charge is -2.06. The van der Waals surface area contributed by atoms with Crippen molar-refractivity contribution >= 4 is 28.9 Å². The van der Waals surface area contributed by atoms with E-state index in [2.05, 4.69) is 25.8 Å². The molecule has 142 valence electrons. The van der Waals surface area contributed by atoms with E-state index in [1.807, 2.05) is 56.4 Å². The quantitative estimate of drug-likeness (QED) is 0.511. The van der Waals surface area contributed by atoms with Crippen LogP contribution in [0.25, 0.3) is 11.4 Å². The van der Waals surface area contributed by atoms with Crippen molar-refractivity contribution in [3.05, 3.63) is 54.1 Å². The molecule has 7 heteroatoms. The van der Waals surface area contributed by atoms with E-state index >= 15 is 0 Å². The topological polar surface area (TPSA) is 70.9 Å². The molecule has 1 aliphatic rings. The minimum Gasteiger partial charge on any atom is -0.497 e. The molecule has 4 rings (SSSR count). The summed E-state index contributed by atoms with van der Waals surface area (Å²) in [6.45, 7) is 2.02. The summed E-state index contributed by atoms with van der Waals surface area (Å²) < 4.78 is 7.27. The van der Waals surface area contributed by atoms with E-state index in [0.717, 1.165) is 28.3 Å². The number of H-pyrrole nitrogens is 1. The van der Waals surface area contributed by atoms with E-state index < -0.39 is 0 Å². The molecule has 0 fully saturated rings. The number of aromatic nitrogens is 3. The number of hydrogen-bond acceptors (Lipinski definition) is 5. The first-order chi connectivity index (χ1) is 13.6. The zero-order valence-electron chi connectivity index (χ0n) is 16.0. The average molecular weight is 393 g/mol. The molecule has 0 bridgehead atoms. The number of aromatic amines is 1. The zero-order valence-corrected chi connectivity index (χ0v) is 16.8. The molecule has 0 saturated heterocycles. The van der Waals surface area contributed by atoms with Crippen LogP contribution < -0.4 is 4.74 Å². The van der Waals surface area contributed by atoms with Crippen molar-refractivity contribution in [2.24, 2.45) is 0 Å². The van der Waals surface area contributed by atoms with Gasteiger partial charge in [-0.1, -0.05) is 30.0 Å². The van der Waals surface area contributed by atoms with Crippen molar-refractivity contribution in [1.82, 2.24) is 15.2 Å². The van der Waals surface area contributed by atoms with E-state index in [9.17, 15) is 4.79 Å². The molecule has 1 aliphatic heterocycles. The molecule has 0 amide bonds. The molecule has 3 aromatic rings. The summed E-state index contributed by atoms with van der Waals surface area (Å²) in [5.41, 5.74) is 4.15. The first-order valence-electron chi connectivity index (χ1n) is 8.97. The standard InChI is InChI=1S/C21H21N4O2S/c1-13-19(16-6-4-5-7-17(16)25(13)2)18(26)12-28-21-22-20(23-24-21)14-8-10-15(27-3)11-9-14/h4-11,19H,12H2,1-3H3,(H,22,23,24)/q+1. The van der Waals surface area contributed by atoms with Gasteiger partial charge in [-0.15, -0.1) is 5.10 Å². The number of hydrogen-bond donors (Lipinski definition) is 1. The molecule has 1 atom stereocenters. The molecule has 1 unspecified atom stereocenters. The maximum atomic E-state index is 12.9. The van der Waals surface area contributed by atoms with Gasteiger partial charge in [0.15, 0.2) is 17.3 Å². The van der Waals surface area contributed by atoms with E-state index in [4.69, 9.17) is 4.74 Å². The summed E-state index contributed by atoms with van der Waals surface area (Å²) in [4.78, 5) is 17.4. The lowest BCUT2D eigenvalue weighted by molar-refractivity contribution is -0.402. The second-order valence-corrected chi connectivity index (χ2v) is 7.58. The van der Waals surface area contributed by atoms with Crippen molar-refractivity contribution in [3.63, 3.8) is 0 Å². The smallest absolute Gasteiger partial charge is 0.209 e. The van der Waals surface area contributed by atoms with Crippen LogP contribution in [0.1, 0.15) is 18.4 Å². The Hall–Kier alpha value is -2.93. The second-order valence-electron chi connectivity index (χ2n) is 6.64. The number of rotatable bonds is 6. The predicted molar refractivity (Wildman–Crippen MR) is 110 cm³/mol. The third kappa shape index (κ3) is 3.33. The number of para-hydroxylation sites is 1. The van der Waals surface area contributed by atoms with E-state index in [1.54, 1.807) is 7.11 Å². The van der Waals surface area contributed by atoms with Gasteiger partial charge in [-0.2, -0.15) is 0 Å². The molecule has 0 saturated carbocycles. The van der Waals surface area contributed by atoms with Gasteiger partial charge in [0.1, 0.15) is 18.7 Å². The van der Waals surface area contributed by atoms with Crippen LogP contribution in [-0.4, -0.2) is 51.2 Å². The minimum atomic E-state index is -0.200. The van der Waals surface area contributed by atoms with Crippen LogP contribution in [0.4, 0.5) is 5.69 Å². The summed E-state index contributed by atoms with van der Waals surface area (Å²) in [7, 11) is 3.64. The van der Waals surface area contributed by atoms with Gasteiger partial charge >= 0.3 is 0 Å². The van der Waals surface area contributed by atoms with Crippen molar-refractivity contribution in [2.45, 2.75) is 18.0 Å². The Balaban J connectivity index is 1.45. The Morgan fingerprint density at radius 1 is 1.21 bits per heavy atom. The fraction of sp³-hybridized carbons (Fsp3) is 0.238. The van der Waals surface area contributed by atoms with Crippen LogP contribution in [0.5, 0.6) is 5.75 Å². The number of nitrogens with zero attached hydrogens (tertiary/aromatic N) is 3. The summed E-state index contributed by atoms with van der Waals surface area (Å²) in [5.74, 6) is 1.75. The number of ketones is 1. The third-order valence-electron chi connectivity index (χ3n) is 5.05. The van der Waals surface area contributed by atoms with Crippen LogP contribution >= 0.6 is 11.8 Å². The highest BCUT2D eigenvalue weighted by atomic mass is 32.2. The average Bonchev–Trinajstić information content (AvgIpc) is 3.30. The van der Waals surface area contributed by atoms with Gasteiger partial charge in [-0.3, -0.25) is 9.89 Å². The Morgan fingerprint density at radius 2 is 1.96 bits per heavy atom. The van der Waals surface area contributed by atoms with Gasteiger partial charge in [0.2, 0.25) is 10.8 Å². The maximum Gasteiger partial charge on any atom is 0.209 e. The molecule has 6 nitrogen and oxygen atoms in total. The minimum absolute atomic E-state index is 0.162. The number of ether oxygens (including phenoxy) is 1. The van der Waals surface area contributed by atoms with Gasteiger partial charge in [0.05, 0.1) is 12.9 Å². The first-order valence-corrected chi connectivity index (χ1v) is 9.95. The number of nitrogens with one attached hydrogen (secondary N) is 1. The maximum absolute atomic E-state index is 12.9. The van der Waals surface area contributed by atoms with Crippen LogP contribution in [0.3, 0.4) is 0 Å². The van der Waals surface area contributed by atoms with Crippen LogP contribution in [0, 0.1) is 0 Å². The number of carbonyl (C=O) groups is 1. The lowest BCUT2D eigenvalue weighted by atomic mass is 9.93. The van der Waals surface area contributed by atoms with Crippen molar-refractivity contribution in [1.29, 1.82) is 0 Å². The summed E-state index contributed by atoms with van der Waals surface area (Å²) in [6.07, 6.45) is 0. The summed E-state index contributed by atoms with van der Waals surface area (Å²) in [6, 6.07) is 15.7. The first kappa shape index (κ1) is 18.4. The number of Topliss-reactive ketones (excluding diaryl/α,β-unsaturated/α-hetero) is 1. The molecule has 28 heavy (non-hydrogen) atoms. The molecule has 2 aromatic carbocycles. The Bertz CT molecular complexity index is 1060. The monoisotopic (exact) mass is 393 g/mol. The van der Waals surface area contributed by atoms with Gasteiger partial charge in [-0.05, 0) is 24.3 Å². The highest BCUT2D eigenvalue weighted by Crippen LogP contribution is 2.35. The largest absolute Gasteiger partial charge is 0.497 e. The SMILES string of the molecule is COc1ccc(-c2nc(SCC(=O)C3C(C)=[N+](C)c4ccccc43)n[nH]2)cc1. The number of carbonyl (C=O) groups excluding carboxylic acids is 1. The highest BCUT2D eigenvalue weighted by Gasteiger charge is 2.38. The molecule has 1 N–H and O–H groups in total. The molecular weight excluding hydrogens is 372 g/mol. The van der Waals surface area contributed by atoms with E-state index in [0.29, 0.717) is 16.7 Å². The molecule has 2 heterocycles. The number of thioether (sulfide) groups is 1. The van der Waals surface area contributed by atoms with Crippen LogP contribution in [-0.2, 0) is 4.79 Å². The second kappa shape index (κ2) is 7.59. The Kier molecular flexibility index (Phi) is 5.00. The van der Waals surface area contributed by atoms with Crippen molar-refractivity contribution < 1.29 is 14.1 Å².